The molecule has 256 valence electrons. The van der Waals surface area contributed by atoms with Crippen molar-refractivity contribution in [1.82, 2.24) is 14.5 Å². The Hall–Kier alpha value is -7.30. The molecule has 4 heterocycles. The first-order valence-corrected chi connectivity index (χ1v) is 18.8. The van der Waals surface area contributed by atoms with Gasteiger partial charge in [-0.05, 0) is 57.8 Å². The van der Waals surface area contributed by atoms with Crippen molar-refractivity contribution in [2.45, 2.75) is 6.42 Å². The molecule has 0 saturated carbocycles. The fourth-order valence-corrected chi connectivity index (χ4v) is 9.01. The predicted molar refractivity (Wildman–Crippen MR) is 226 cm³/mol. The molecular weight excluding hydrogens is 671 g/mol. The van der Waals surface area contributed by atoms with Gasteiger partial charge in [0.15, 0.2) is 5.82 Å². The normalized spacial score (nSPS) is 12.3. The molecule has 0 aliphatic carbocycles. The van der Waals surface area contributed by atoms with Crippen LogP contribution in [0.1, 0.15) is 11.1 Å². The van der Waals surface area contributed by atoms with E-state index >= 15 is 0 Å². The van der Waals surface area contributed by atoms with Crippen molar-refractivity contribution in [3.8, 4) is 50.7 Å². The van der Waals surface area contributed by atoms with Crippen LogP contribution in [0.4, 0.5) is 0 Å². The molecule has 1 aliphatic heterocycles. The van der Waals surface area contributed by atoms with Crippen molar-refractivity contribution in [3.05, 3.63) is 187 Å². The summed E-state index contributed by atoms with van der Waals surface area (Å²) in [6.07, 6.45) is 0.681. The highest BCUT2D eigenvalue weighted by Gasteiger charge is 2.27. The van der Waals surface area contributed by atoms with Gasteiger partial charge < -0.3 is 8.98 Å². The number of aromatic nitrogens is 3. The molecule has 0 radical (unpaired) electrons. The van der Waals surface area contributed by atoms with E-state index in [4.69, 9.17) is 14.4 Å². The van der Waals surface area contributed by atoms with Crippen LogP contribution in [0.25, 0.3) is 105 Å². The molecule has 8 aromatic carbocycles. The van der Waals surface area contributed by atoms with Gasteiger partial charge in [0.2, 0.25) is 0 Å². The standard InChI is InChI=1S/C51H31N3O/c1-3-14-32(15-4-1)40-30-44-47(35-19-8-7-18-34(35)40)36-27-26-31-28-41-49(33-16-5-2-6-17-33)52-51(39-22-13-25-46-48(39)38-21-10-12-24-45(38)55-46)53-50(41)37-20-9-11-23-42(37)54(44)43(36)29-31/h1-27,29-30H,28H2. The minimum Gasteiger partial charge on any atom is -0.456 e. The van der Waals surface area contributed by atoms with Crippen molar-refractivity contribution in [2.75, 3.05) is 0 Å². The van der Waals surface area contributed by atoms with E-state index in [0.29, 0.717) is 12.2 Å². The third-order valence-corrected chi connectivity index (χ3v) is 11.4. The third-order valence-electron chi connectivity index (χ3n) is 11.4. The first kappa shape index (κ1) is 30.2. The largest absolute Gasteiger partial charge is 0.456 e. The average molecular weight is 702 g/mol. The van der Waals surface area contributed by atoms with Crippen LogP contribution in [-0.4, -0.2) is 14.5 Å². The van der Waals surface area contributed by atoms with Gasteiger partial charge in [0.1, 0.15) is 11.2 Å². The molecule has 0 amide bonds. The van der Waals surface area contributed by atoms with Crippen LogP contribution in [-0.2, 0) is 6.42 Å². The molecule has 1 aliphatic rings. The van der Waals surface area contributed by atoms with Crippen molar-refractivity contribution >= 4 is 54.5 Å². The van der Waals surface area contributed by atoms with E-state index in [2.05, 4.69) is 156 Å². The molecule has 0 spiro atoms. The Bertz CT molecular complexity index is 3340. The Morgan fingerprint density at radius 3 is 1.96 bits per heavy atom. The number of nitrogens with zero attached hydrogens (tertiary/aromatic N) is 3. The van der Waals surface area contributed by atoms with Gasteiger partial charge in [-0.25, -0.2) is 9.97 Å². The monoisotopic (exact) mass is 701 g/mol. The summed E-state index contributed by atoms with van der Waals surface area (Å²) in [7, 11) is 0. The maximum Gasteiger partial charge on any atom is 0.161 e. The summed E-state index contributed by atoms with van der Waals surface area (Å²) in [5, 5.41) is 7.09. The van der Waals surface area contributed by atoms with E-state index in [1.807, 2.05) is 24.3 Å². The van der Waals surface area contributed by atoms with E-state index in [1.165, 1.54) is 49.3 Å². The van der Waals surface area contributed by atoms with Crippen LogP contribution < -0.4 is 0 Å². The summed E-state index contributed by atoms with van der Waals surface area (Å²) in [6.45, 7) is 0. The van der Waals surface area contributed by atoms with Gasteiger partial charge in [0, 0.05) is 50.2 Å². The lowest BCUT2D eigenvalue weighted by atomic mass is 9.92. The molecule has 0 fully saturated rings. The van der Waals surface area contributed by atoms with Crippen molar-refractivity contribution in [2.24, 2.45) is 0 Å². The van der Waals surface area contributed by atoms with Crippen LogP contribution in [0.2, 0.25) is 0 Å². The van der Waals surface area contributed by atoms with Gasteiger partial charge in [-0.1, -0.05) is 146 Å². The fraction of sp³-hybridized carbons (Fsp3) is 0.0196. The Balaban J connectivity index is 1.22. The van der Waals surface area contributed by atoms with Crippen LogP contribution in [0.3, 0.4) is 0 Å². The highest BCUT2D eigenvalue weighted by atomic mass is 16.3. The van der Waals surface area contributed by atoms with Crippen molar-refractivity contribution < 1.29 is 4.42 Å². The van der Waals surface area contributed by atoms with Crippen LogP contribution >= 0.6 is 0 Å². The summed E-state index contributed by atoms with van der Waals surface area (Å²) in [5.74, 6) is 0.676. The second-order valence-electron chi connectivity index (χ2n) is 14.5. The summed E-state index contributed by atoms with van der Waals surface area (Å²) in [6, 6.07) is 62.8. The SMILES string of the molecule is c1ccc(-c2nc(-c3cccc4oc5ccccc5c34)nc3c2Cc2ccc4c5c6ccccc6c(-c6ccccc6)cc5n(c4c2)-c2ccccc2-3)cc1. The molecule has 0 unspecified atom stereocenters. The van der Waals surface area contributed by atoms with E-state index in [0.717, 1.165) is 61.3 Å². The molecule has 4 nitrogen and oxygen atoms in total. The van der Waals surface area contributed by atoms with E-state index < -0.39 is 0 Å². The molecule has 0 saturated heterocycles. The highest BCUT2D eigenvalue weighted by Crippen LogP contribution is 2.46. The van der Waals surface area contributed by atoms with E-state index in [-0.39, 0.29) is 0 Å². The second-order valence-corrected chi connectivity index (χ2v) is 14.5. The molecule has 2 bridgehead atoms. The number of rotatable bonds is 3. The van der Waals surface area contributed by atoms with Crippen LogP contribution in [0, 0.1) is 0 Å². The summed E-state index contributed by atoms with van der Waals surface area (Å²) in [5.41, 5.74) is 14.8. The summed E-state index contributed by atoms with van der Waals surface area (Å²) >= 11 is 0. The number of fused-ring (bicyclic) bond motifs is 13. The predicted octanol–water partition coefficient (Wildman–Crippen LogP) is 13.2. The summed E-state index contributed by atoms with van der Waals surface area (Å²) < 4.78 is 8.83. The molecule has 11 aromatic rings. The van der Waals surface area contributed by atoms with Gasteiger partial charge in [-0.3, -0.25) is 0 Å². The molecule has 0 atom stereocenters. The number of furan rings is 1. The molecule has 0 N–H and O–H groups in total. The Labute approximate surface area is 316 Å². The molecule has 55 heavy (non-hydrogen) atoms. The van der Waals surface area contributed by atoms with Gasteiger partial charge in [-0.15, -0.1) is 0 Å². The summed E-state index contributed by atoms with van der Waals surface area (Å²) in [4.78, 5) is 11.1. The maximum absolute atomic E-state index is 6.36. The molecule has 4 heteroatoms. The quantitative estimate of drug-likeness (QED) is 0.184. The minimum atomic E-state index is 0.676. The smallest absolute Gasteiger partial charge is 0.161 e. The second kappa shape index (κ2) is 11.6. The van der Waals surface area contributed by atoms with Crippen LogP contribution in [0.15, 0.2) is 180 Å². The zero-order valence-corrected chi connectivity index (χ0v) is 29.7. The van der Waals surface area contributed by atoms with E-state index in [9.17, 15) is 0 Å². The first-order chi connectivity index (χ1) is 27.3. The van der Waals surface area contributed by atoms with Gasteiger partial charge in [0.05, 0.1) is 28.1 Å². The third kappa shape index (κ3) is 4.46. The van der Waals surface area contributed by atoms with Gasteiger partial charge in [0.25, 0.3) is 0 Å². The van der Waals surface area contributed by atoms with Crippen LogP contribution in [0.5, 0.6) is 0 Å². The van der Waals surface area contributed by atoms with Crippen molar-refractivity contribution in [3.63, 3.8) is 0 Å². The number of hydrogen-bond donors (Lipinski definition) is 0. The Kier molecular flexibility index (Phi) is 6.37. The molecule has 3 aromatic heterocycles. The lowest BCUT2D eigenvalue weighted by molar-refractivity contribution is 0.669. The van der Waals surface area contributed by atoms with E-state index in [1.54, 1.807) is 0 Å². The average Bonchev–Trinajstić information content (AvgIpc) is 3.80. The molecule has 12 rings (SSSR count). The Morgan fingerprint density at radius 2 is 1.11 bits per heavy atom. The zero-order valence-electron chi connectivity index (χ0n) is 29.7. The van der Waals surface area contributed by atoms with Gasteiger partial charge in [-0.2, -0.15) is 0 Å². The minimum absolute atomic E-state index is 0.676. The van der Waals surface area contributed by atoms with Gasteiger partial charge >= 0.3 is 0 Å². The first-order valence-electron chi connectivity index (χ1n) is 18.8. The fourth-order valence-electron chi connectivity index (χ4n) is 9.01. The lowest BCUT2D eigenvalue weighted by Crippen LogP contribution is -2.05. The maximum atomic E-state index is 6.36. The Morgan fingerprint density at radius 1 is 0.436 bits per heavy atom. The van der Waals surface area contributed by atoms with Crippen molar-refractivity contribution in [1.29, 1.82) is 0 Å². The molecular formula is C51H31N3O. The number of hydrogen-bond acceptors (Lipinski definition) is 3. The highest BCUT2D eigenvalue weighted by molar-refractivity contribution is 6.24. The number of para-hydroxylation sites is 2. The number of benzene rings is 8. The lowest BCUT2D eigenvalue weighted by Gasteiger charge is -2.19. The topological polar surface area (TPSA) is 43.9 Å². The zero-order chi connectivity index (χ0) is 36.0.